The van der Waals surface area contributed by atoms with Crippen molar-refractivity contribution >= 4 is 0 Å². The topological polar surface area (TPSA) is 38.7 Å². The van der Waals surface area contributed by atoms with E-state index in [9.17, 15) is 5.11 Å². The normalized spacial score (nSPS) is 27.3. The van der Waals surface area contributed by atoms with Crippen LogP contribution in [-0.2, 0) is 6.42 Å². The molecule has 19 heavy (non-hydrogen) atoms. The Balaban J connectivity index is 1.73. The quantitative estimate of drug-likeness (QED) is 0.785. The van der Waals surface area contributed by atoms with Crippen molar-refractivity contribution in [2.24, 2.45) is 0 Å². The molecule has 0 saturated carbocycles. The van der Waals surface area contributed by atoms with E-state index in [1.54, 1.807) is 0 Å². The van der Waals surface area contributed by atoms with Crippen LogP contribution in [0.15, 0.2) is 48.5 Å². The lowest BCUT2D eigenvalue weighted by Crippen LogP contribution is -2.45. The van der Waals surface area contributed by atoms with E-state index < -0.39 is 11.9 Å². The molecule has 0 fully saturated rings. The van der Waals surface area contributed by atoms with Gasteiger partial charge in [-0.3, -0.25) is 0 Å². The molecule has 0 unspecified atom stereocenters. The highest BCUT2D eigenvalue weighted by Crippen LogP contribution is 2.46. The molecule has 0 radical (unpaired) electrons. The van der Waals surface area contributed by atoms with Crippen molar-refractivity contribution in [2.75, 3.05) is 0 Å². The smallest absolute Gasteiger partial charge is 0.258 e. The molecule has 2 aromatic rings. The predicted octanol–water partition coefficient (Wildman–Crippen LogP) is 2.83. The van der Waals surface area contributed by atoms with Gasteiger partial charge in [0.25, 0.3) is 5.79 Å². The Kier molecular flexibility index (Phi) is 2.15. The third-order valence-electron chi connectivity index (χ3n) is 3.81. The van der Waals surface area contributed by atoms with Gasteiger partial charge in [-0.15, -0.1) is 0 Å². The fraction of sp³-hybridized carbons (Fsp3) is 0.250. The van der Waals surface area contributed by atoms with Gasteiger partial charge in [-0.25, -0.2) is 0 Å². The van der Waals surface area contributed by atoms with Gasteiger partial charge in [0.1, 0.15) is 11.5 Å². The minimum absolute atomic E-state index is 0.457. The maximum Gasteiger partial charge on any atom is 0.258 e. The Hall–Kier alpha value is -2.00. The van der Waals surface area contributed by atoms with Crippen LogP contribution in [-0.4, -0.2) is 10.9 Å². The number of hydrogen-bond acceptors (Lipinski definition) is 3. The molecule has 3 heteroatoms. The first-order valence-corrected chi connectivity index (χ1v) is 6.49. The lowest BCUT2D eigenvalue weighted by Gasteiger charge is -2.36. The number of hydrogen-bond donors (Lipinski definition) is 1. The molecule has 2 atom stereocenters. The maximum atomic E-state index is 10.3. The summed E-state index contributed by atoms with van der Waals surface area (Å²) in [4.78, 5) is 0. The second-order valence-corrected chi connectivity index (χ2v) is 5.16. The molecule has 4 rings (SSSR count). The van der Waals surface area contributed by atoms with Crippen molar-refractivity contribution < 1.29 is 14.6 Å². The van der Waals surface area contributed by atoms with Crippen molar-refractivity contribution in [2.45, 2.75) is 24.7 Å². The molecule has 96 valence electrons. The zero-order chi connectivity index (χ0) is 12.9. The van der Waals surface area contributed by atoms with E-state index in [1.807, 2.05) is 48.5 Å². The zero-order valence-electron chi connectivity index (χ0n) is 10.4. The fourth-order valence-corrected chi connectivity index (χ4v) is 2.94. The molecule has 0 bridgehead atoms. The monoisotopic (exact) mass is 254 g/mol. The first-order chi connectivity index (χ1) is 9.26. The molecule has 1 spiro atoms. The highest BCUT2D eigenvalue weighted by molar-refractivity contribution is 5.42. The van der Waals surface area contributed by atoms with E-state index in [0.717, 1.165) is 16.9 Å². The average molecular weight is 254 g/mol. The molecule has 2 aromatic carbocycles. The van der Waals surface area contributed by atoms with Crippen molar-refractivity contribution in [3.8, 4) is 11.5 Å². The van der Waals surface area contributed by atoms with E-state index in [2.05, 4.69) is 0 Å². The second-order valence-electron chi connectivity index (χ2n) is 5.16. The van der Waals surface area contributed by atoms with Gasteiger partial charge in [-0.2, -0.15) is 0 Å². The van der Waals surface area contributed by atoms with Gasteiger partial charge in [0, 0.05) is 11.1 Å². The Labute approximate surface area is 111 Å². The molecular weight excluding hydrogens is 240 g/mol. The number of aliphatic hydroxyl groups is 1. The molecule has 2 aliphatic rings. The van der Waals surface area contributed by atoms with Crippen LogP contribution in [0.1, 0.15) is 23.7 Å². The summed E-state index contributed by atoms with van der Waals surface area (Å²) in [5.41, 5.74) is 1.97. The summed E-state index contributed by atoms with van der Waals surface area (Å²) < 4.78 is 12.0. The van der Waals surface area contributed by atoms with Crippen LogP contribution < -0.4 is 9.47 Å². The Morgan fingerprint density at radius 3 is 2.47 bits per heavy atom. The van der Waals surface area contributed by atoms with Gasteiger partial charge in [0.05, 0.1) is 18.9 Å². The molecule has 3 nitrogen and oxygen atoms in total. The van der Waals surface area contributed by atoms with Gasteiger partial charge >= 0.3 is 0 Å². The van der Waals surface area contributed by atoms with Gasteiger partial charge in [-0.1, -0.05) is 36.4 Å². The third kappa shape index (κ3) is 1.62. The Morgan fingerprint density at radius 2 is 1.63 bits per heavy atom. The number of ether oxygens (including phenoxy) is 2. The van der Waals surface area contributed by atoms with E-state index >= 15 is 0 Å². The first kappa shape index (κ1) is 10.9. The molecule has 0 amide bonds. The molecule has 2 heterocycles. The van der Waals surface area contributed by atoms with Crippen molar-refractivity contribution in [1.29, 1.82) is 0 Å². The van der Waals surface area contributed by atoms with Crippen molar-refractivity contribution in [3.63, 3.8) is 0 Å². The molecule has 2 aliphatic heterocycles. The Morgan fingerprint density at radius 1 is 0.947 bits per heavy atom. The van der Waals surface area contributed by atoms with Gasteiger partial charge in [0.15, 0.2) is 0 Å². The van der Waals surface area contributed by atoms with E-state index in [1.165, 1.54) is 0 Å². The number of fused-ring (bicyclic) bond motifs is 2. The van der Waals surface area contributed by atoms with Gasteiger partial charge < -0.3 is 14.6 Å². The largest absolute Gasteiger partial charge is 0.452 e. The molecule has 0 aliphatic carbocycles. The van der Waals surface area contributed by atoms with Crippen LogP contribution in [0.4, 0.5) is 0 Å². The Bertz CT molecular complexity index is 610. The minimum Gasteiger partial charge on any atom is -0.452 e. The third-order valence-corrected chi connectivity index (χ3v) is 3.81. The fourth-order valence-electron chi connectivity index (χ4n) is 2.94. The summed E-state index contributed by atoms with van der Waals surface area (Å²) >= 11 is 0. The van der Waals surface area contributed by atoms with Crippen LogP contribution in [0, 0.1) is 0 Å². The molecular formula is C16H14O3. The van der Waals surface area contributed by atoms with Crippen LogP contribution in [0.5, 0.6) is 11.5 Å². The number of rotatable bonds is 0. The highest BCUT2D eigenvalue weighted by atomic mass is 16.7. The molecule has 0 saturated heterocycles. The highest BCUT2D eigenvalue weighted by Gasteiger charge is 2.47. The standard InChI is InChI=1S/C16H14O3/c17-13-10-16(19-15-8-4-2-6-12(13)15)9-11-5-1-3-7-14(11)18-16/h1-8,13,17H,9-10H2/t13-,16+/m0/s1. The number of para-hydroxylation sites is 2. The summed E-state index contributed by atoms with van der Waals surface area (Å²) in [6, 6.07) is 15.5. The lowest BCUT2D eigenvalue weighted by molar-refractivity contribution is -0.138. The van der Waals surface area contributed by atoms with E-state index in [0.29, 0.717) is 18.6 Å². The number of aliphatic hydroxyl groups excluding tert-OH is 1. The van der Waals surface area contributed by atoms with Crippen molar-refractivity contribution in [3.05, 3.63) is 59.7 Å². The summed E-state index contributed by atoms with van der Waals surface area (Å²) in [5, 5.41) is 10.3. The summed E-state index contributed by atoms with van der Waals surface area (Å²) in [5.74, 6) is 0.820. The SMILES string of the molecule is O[C@H]1C[C@@]2(Cc3ccccc3O2)Oc2ccccc21. The first-order valence-electron chi connectivity index (χ1n) is 6.49. The molecule has 1 N–H and O–H groups in total. The predicted molar refractivity (Wildman–Crippen MR) is 70.2 cm³/mol. The summed E-state index contributed by atoms with van der Waals surface area (Å²) in [6.45, 7) is 0. The van der Waals surface area contributed by atoms with Gasteiger partial charge in [0.2, 0.25) is 0 Å². The minimum atomic E-state index is -0.753. The van der Waals surface area contributed by atoms with Crippen LogP contribution in [0.25, 0.3) is 0 Å². The lowest BCUT2D eigenvalue weighted by atomic mass is 9.94. The van der Waals surface area contributed by atoms with Crippen LogP contribution >= 0.6 is 0 Å². The van der Waals surface area contributed by atoms with Crippen molar-refractivity contribution in [1.82, 2.24) is 0 Å². The second kappa shape index (κ2) is 3.75. The van der Waals surface area contributed by atoms with Gasteiger partial charge in [-0.05, 0) is 12.1 Å². The summed E-state index contributed by atoms with van der Waals surface area (Å²) in [7, 11) is 0. The van der Waals surface area contributed by atoms with Crippen LogP contribution in [0.3, 0.4) is 0 Å². The molecule has 0 aromatic heterocycles. The summed E-state index contributed by atoms with van der Waals surface area (Å²) in [6.07, 6.45) is 0.590. The number of benzene rings is 2. The maximum absolute atomic E-state index is 10.3. The van der Waals surface area contributed by atoms with Crippen LogP contribution in [0.2, 0.25) is 0 Å². The zero-order valence-corrected chi connectivity index (χ0v) is 10.4. The van der Waals surface area contributed by atoms with E-state index in [-0.39, 0.29) is 0 Å². The van der Waals surface area contributed by atoms with E-state index in [4.69, 9.17) is 9.47 Å². The average Bonchev–Trinajstić information content (AvgIpc) is 2.75.